The first-order chi connectivity index (χ1) is 7.38. The summed E-state index contributed by atoms with van der Waals surface area (Å²) in [6.07, 6.45) is 0. The molecule has 0 N–H and O–H groups in total. The summed E-state index contributed by atoms with van der Waals surface area (Å²) in [7, 11) is 1.75. The first kappa shape index (κ1) is 13.1. The number of methoxy groups -OCH3 is 1. The zero-order chi connectivity index (χ0) is 10.9. The average Bonchev–Trinajstić information content (AvgIpc) is 2.30. The number of benzene rings is 1. The molecule has 1 nitrogen and oxygen atoms in total. The maximum Gasteiger partial charge on any atom is 0.0552 e. The van der Waals surface area contributed by atoms with E-state index in [9.17, 15) is 0 Å². The molecule has 0 bridgehead atoms. The molecule has 0 aliphatic heterocycles. The Labute approximate surface area is 105 Å². The van der Waals surface area contributed by atoms with Gasteiger partial charge in [0.2, 0.25) is 0 Å². The molecule has 0 aromatic heterocycles. The molecule has 0 heterocycles. The first-order valence-corrected chi connectivity index (χ1v) is 7.33. The molecule has 0 radical (unpaired) electrons. The first-order valence-electron chi connectivity index (χ1n) is 5.06. The molecule has 0 aliphatic rings. The third-order valence-electron chi connectivity index (χ3n) is 2.21. The zero-order valence-corrected chi connectivity index (χ0v) is 11.4. The van der Waals surface area contributed by atoms with Crippen molar-refractivity contribution in [2.75, 3.05) is 30.6 Å². The molecule has 1 aromatic rings. The lowest BCUT2D eigenvalue weighted by Crippen LogP contribution is -2.05. The highest BCUT2D eigenvalue weighted by Crippen LogP contribution is 2.22. The standard InChI is InChI=1S/C12H17BrOS/c1-14-7-8-15-10-12(9-13)11-5-3-2-4-6-11/h2-6,12H,7-10H2,1H3. The van der Waals surface area contributed by atoms with Crippen molar-refractivity contribution in [3.05, 3.63) is 35.9 Å². The van der Waals surface area contributed by atoms with Gasteiger partial charge in [-0.25, -0.2) is 0 Å². The quantitative estimate of drug-likeness (QED) is 0.561. The van der Waals surface area contributed by atoms with Crippen molar-refractivity contribution >= 4 is 27.7 Å². The molecular weight excluding hydrogens is 272 g/mol. The third-order valence-corrected chi connectivity index (χ3v) is 4.08. The van der Waals surface area contributed by atoms with E-state index in [0.29, 0.717) is 5.92 Å². The van der Waals surface area contributed by atoms with E-state index >= 15 is 0 Å². The van der Waals surface area contributed by atoms with Crippen LogP contribution in [0.4, 0.5) is 0 Å². The average molecular weight is 289 g/mol. The molecule has 3 heteroatoms. The molecule has 0 spiro atoms. The summed E-state index contributed by atoms with van der Waals surface area (Å²) in [6, 6.07) is 10.7. The fourth-order valence-corrected chi connectivity index (χ4v) is 3.27. The topological polar surface area (TPSA) is 9.23 Å². The number of thioether (sulfide) groups is 1. The van der Waals surface area contributed by atoms with E-state index in [1.165, 1.54) is 5.56 Å². The van der Waals surface area contributed by atoms with Crippen molar-refractivity contribution in [3.63, 3.8) is 0 Å². The van der Waals surface area contributed by atoms with E-state index in [-0.39, 0.29) is 0 Å². The van der Waals surface area contributed by atoms with Gasteiger partial charge in [-0.2, -0.15) is 11.8 Å². The number of hydrogen-bond acceptors (Lipinski definition) is 2. The van der Waals surface area contributed by atoms with E-state index in [1.54, 1.807) is 7.11 Å². The minimum Gasteiger partial charge on any atom is -0.384 e. The third kappa shape index (κ3) is 5.05. The molecule has 1 aromatic carbocycles. The van der Waals surface area contributed by atoms with Crippen LogP contribution in [0.3, 0.4) is 0 Å². The van der Waals surface area contributed by atoms with Crippen molar-refractivity contribution in [3.8, 4) is 0 Å². The van der Waals surface area contributed by atoms with Gasteiger partial charge in [0.15, 0.2) is 0 Å². The second-order valence-electron chi connectivity index (χ2n) is 3.33. The van der Waals surface area contributed by atoms with Gasteiger partial charge in [-0.3, -0.25) is 0 Å². The van der Waals surface area contributed by atoms with Gasteiger partial charge in [-0.05, 0) is 5.56 Å². The van der Waals surface area contributed by atoms with Crippen molar-refractivity contribution in [2.24, 2.45) is 0 Å². The number of rotatable bonds is 7. The smallest absolute Gasteiger partial charge is 0.0552 e. The van der Waals surface area contributed by atoms with Crippen LogP contribution < -0.4 is 0 Å². The van der Waals surface area contributed by atoms with E-state index in [4.69, 9.17) is 4.74 Å². The van der Waals surface area contributed by atoms with Crippen LogP contribution in [0, 0.1) is 0 Å². The molecule has 0 fully saturated rings. The Bertz CT molecular complexity index is 253. The van der Waals surface area contributed by atoms with Gasteiger partial charge >= 0.3 is 0 Å². The fourth-order valence-electron chi connectivity index (χ4n) is 1.32. The molecule has 84 valence electrons. The largest absolute Gasteiger partial charge is 0.384 e. The molecule has 0 saturated heterocycles. The molecular formula is C12H17BrOS. The summed E-state index contributed by atoms with van der Waals surface area (Å²) >= 11 is 5.53. The van der Waals surface area contributed by atoms with Crippen LogP contribution in [-0.2, 0) is 4.74 Å². The van der Waals surface area contributed by atoms with Gasteiger partial charge in [-0.1, -0.05) is 46.3 Å². The van der Waals surface area contributed by atoms with Crippen LogP contribution in [0.25, 0.3) is 0 Å². The molecule has 0 aliphatic carbocycles. The molecule has 0 saturated carbocycles. The Kier molecular flexibility index (Phi) is 7.14. The Morgan fingerprint density at radius 3 is 2.67 bits per heavy atom. The maximum absolute atomic E-state index is 5.03. The maximum atomic E-state index is 5.03. The minimum absolute atomic E-state index is 0.605. The molecule has 1 rings (SSSR count). The normalized spacial score (nSPS) is 12.7. The summed E-state index contributed by atoms with van der Waals surface area (Å²) in [5.41, 5.74) is 1.42. The van der Waals surface area contributed by atoms with Gasteiger partial charge in [0, 0.05) is 29.9 Å². The van der Waals surface area contributed by atoms with Crippen LogP contribution in [0.15, 0.2) is 30.3 Å². The van der Waals surface area contributed by atoms with Crippen LogP contribution in [-0.4, -0.2) is 30.6 Å². The van der Waals surface area contributed by atoms with Crippen molar-refractivity contribution < 1.29 is 4.74 Å². The van der Waals surface area contributed by atoms with Gasteiger partial charge in [-0.15, -0.1) is 0 Å². The number of halogens is 1. The predicted octanol–water partition coefficient (Wildman–Crippen LogP) is 3.54. The highest BCUT2D eigenvalue weighted by atomic mass is 79.9. The summed E-state index contributed by atoms with van der Waals surface area (Å²) in [5.74, 6) is 2.83. The Morgan fingerprint density at radius 2 is 2.07 bits per heavy atom. The van der Waals surface area contributed by atoms with Crippen LogP contribution >= 0.6 is 27.7 Å². The summed E-state index contributed by atoms with van der Waals surface area (Å²) in [4.78, 5) is 0. The SMILES string of the molecule is COCCSCC(CBr)c1ccccc1. The lowest BCUT2D eigenvalue weighted by atomic mass is 10.0. The highest BCUT2D eigenvalue weighted by Gasteiger charge is 2.09. The predicted molar refractivity (Wildman–Crippen MR) is 72.2 cm³/mol. The zero-order valence-electron chi connectivity index (χ0n) is 8.99. The molecule has 1 atom stereocenters. The van der Waals surface area contributed by atoms with E-state index < -0.39 is 0 Å². The summed E-state index contributed by atoms with van der Waals surface area (Å²) in [6.45, 7) is 0.842. The van der Waals surface area contributed by atoms with Gasteiger partial charge in [0.25, 0.3) is 0 Å². The van der Waals surface area contributed by atoms with E-state index in [1.807, 2.05) is 11.8 Å². The van der Waals surface area contributed by atoms with Crippen LogP contribution in [0.1, 0.15) is 11.5 Å². The lowest BCUT2D eigenvalue weighted by Gasteiger charge is -2.13. The van der Waals surface area contributed by atoms with Crippen molar-refractivity contribution in [1.82, 2.24) is 0 Å². The number of hydrogen-bond donors (Lipinski definition) is 0. The molecule has 15 heavy (non-hydrogen) atoms. The fraction of sp³-hybridized carbons (Fsp3) is 0.500. The van der Waals surface area contributed by atoms with Crippen molar-refractivity contribution in [2.45, 2.75) is 5.92 Å². The molecule has 0 amide bonds. The molecule has 1 unspecified atom stereocenters. The summed E-state index contributed by atoms with van der Waals surface area (Å²) < 4.78 is 5.03. The number of ether oxygens (including phenoxy) is 1. The minimum atomic E-state index is 0.605. The van der Waals surface area contributed by atoms with E-state index in [2.05, 4.69) is 46.3 Å². The summed E-state index contributed by atoms with van der Waals surface area (Å²) in [5, 5.41) is 1.02. The highest BCUT2D eigenvalue weighted by molar-refractivity contribution is 9.09. The monoisotopic (exact) mass is 288 g/mol. The van der Waals surface area contributed by atoms with Gasteiger partial charge in [0.1, 0.15) is 0 Å². The Hall–Kier alpha value is 0.0100. The second kappa shape index (κ2) is 8.20. The van der Waals surface area contributed by atoms with Crippen molar-refractivity contribution in [1.29, 1.82) is 0 Å². The second-order valence-corrected chi connectivity index (χ2v) is 5.13. The van der Waals surface area contributed by atoms with Crippen LogP contribution in [0.2, 0.25) is 0 Å². The number of alkyl halides is 1. The lowest BCUT2D eigenvalue weighted by molar-refractivity contribution is 0.218. The Balaban J connectivity index is 2.36. The Morgan fingerprint density at radius 1 is 1.33 bits per heavy atom. The van der Waals surface area contributed by atoms with Crippen LogP contribution in [0.5, 0.6) is 0 Å². The van der Waals surface area contributed by atoms with E-state index in [0.717, 1.165) is 23.4 Å². The van der Waals surface area contributed by atoms with Gasteiger partial charge in [0.05, 0.1) is 6.61 Å². The van der Waals surface area contributed by atoms with Gasteiger partial charge < -0.3 is 4.74 Å².